The van der Waals surface area contributed by atoms with E-state index < -0.39 is 0 Å². The Morgan fingerprint density at radius 1 is 1.44 bits per heavy atom. The maximum atomic E-state index is 10.9. The Bertz CT molecular complexity index is 554. The number of hydrogen-bond acceptors (Lipinski definition) is 4. The van der Waals surface area contributed by atoms with Gasteiger partial charge in [-0.05, 0) is 18.2 Å². The highest BCUT2D eigenvalue weighted by Crippen LogP contribution is 2.20. The van der Waals surface area contributed by atoms with Crippen molar-refractivity contribution in [3.8, 4) is 0 Å². The van der Waals surface area contributed by atoms with Crippen molar-refractivity contribution in [1.82, 2.24) is 4.98 Å². The fraction of sp³-hybridized carbons (Fsp3) is 0.167. The molecule has 0 aliphatic rings. The molecule has 0 radical (unpaired) electrons. The Morgan fingerprint density at radius 3 is 2.89 bits per heavy atom. The molecule has 0 atom stereocenters. The fourth-order valence-corrected chi connectivity index (χ4v) is 1.55. The Morgan fingerprint density at radius 2 is 2.22 bits per heavy atom. The van der Waals surface area contributed by atoms with Crippen LogP contribution in [0.15, 0.2) is 34.9 Å². The number of alkyl halides is 1. The van der Waals surface area contributed by atoms with E-state index in [1.807, 2.05) is 12.1 Å². The van der Waals surface area contributed by atoms with Crippen molar-refractivity contribution in [1.29, 1.82) is 0 Å². The third-order valence-corrected chi connectivity index (χ3v) is 2.40. The highest BCUT2D eigenvalue weighted by atomic mass is 35.5. The van der Waals surface area contributed by atoms with Gasteiger partial charge in [-0.25, -0.2) is 0 Å². The van der Waals surface area contributed by atoms with E-state index >= 15 is 0 Å². The molecule has 1 aromatic carbocycles. The molecule has 0 saturated heterocycles. The fourth-order valence-electron chi connectivity index (χ4n) is 1.43. The van der Waals surface area contributed by atoms with E-state index in [1.165, 1.54) is 13.2 Å². The number of rotatable bonds is 4. The molecule has 18 heavy (non-hydrogen) atoms. The van der Waals surface area contributed by atoms with Crippen molar-refractivity contribution in [3.63, 3.8) is 0 Å². The second-order valence-corrected chi connectivity index (χ2v) is 3.93. The van der Waals surface area contributed by atoms with Gasteiger partial charge in [0.1, 0.15) is 6.26 Å². The van der Waals surface area contributed by atoms with E-state index in [0.29, 0.717) is 23.3 Å². The summed E-state index contributed by atoms with van der Waals surface area (Å²) in [7, 11) is 0. The van der Waals surface area contributed by atoms with Crippen molar-refractivity contribution in [3.05, 3.63) is 36.2 Å². The first-order valence-electron chi connectivity index (χ1n) is 5.32. The van der Waals surface area contributed by atoms with Crippen molar-refractivity contribution in [2.75, 3.05) is 10.6 Å². The van der Waals surface area contributed by atoms with Gasteiger partial charge in [0.25, 0.3) is 6.01 Å². The molecule has 0 saturated carbocycles. The number of nitrogens with one attached hydrogen (secondary N) is 2. The van der Waals surface area contributed by atoms with E-state index in [9.17, 15) is 4.79 Å². The molecule has 2 aromatic rings. The van der Waals surface area contributed by atoms with E-state index in [4.69, 9.17) is 16.0 Å². The van der Waals surface area contributed by atoms with Crippen molar-refractivity contribution in [2.45, 2.75) is 12.8 Å². The lowest BCUT2D eigenvalue weighted by Crippen LogP contribution is -2.05. The van der Waals surface area contributed by atoms with Gasteiger partial charge in [0.15, 0.2) is 0 Å². The third kappa shape index (κ3) is 3.24. The Labute approximate surface area is 109 Å². The first kappa shape index (κ1) is 12.4. The molecule has 94 valence electrons. The summed E-state index contributed by atoms with van der Waals surface area (Å²) in [4.78, 5) is 15.1. The average molecular weight is 266 g/mol. The van der Waals surface area contributed by atoms with Crippen molar-refractivity contribution >= 4 is 34.9 Å². The summed E-state index contributed by atoms with van der Waals surface area (Å²) in [6, 6.07) is 7.61. The van der Waals surface area contributed by atoms with Crippen molar-refractivity contribution < 1.29 is 9.21 Å². The lowest BCUT2D eigenvalue weighted by atomic mass is 10.3. The summed E-state index contributed by atoms with van der Waals surface area (Å²) in [6.07, 6.45) is 1.49. The predicted octanol–water partition coefficient (Wildman–Crippen LogP) is 3.12. The standard InChI is InChI=1S/C12H12ClN3O2/c1-8(17)14-9-3-2-4-10(5-9)15-12-16-11(6-13)7-18-12/h2-5,7H,6H2,1H3,(H,14,17)(H,15,16). The van der Waals surface area contributed by atoms with Gasteiger partial charge in [0.05, 0.1) is 11.6 Å². The van der Waals surface area contributed by atoms with Gasteiger partial charge < -0.3 is 15.1 Å². The summed E-state index contributed by atoms with van der Waals surface area (Å²) in [5, 5.41) is 5.68. The zero-order chi connectivity index (χ0) is 13.0. The molecule has 1 amide bonds. The minimum absolute atomic E-state index is 0.118. The number of carbonyl (C=O) groups is 1. The molecule has 2 rings (SSSR count). The van der Waals surface area contributed by atoms with Crippen LogP contribution >= 0.6 is 11.6 Å². The van der Waals surface area contributed by atoms with E-state index in [-0.39, 0.29) is 5.91 Å². The highest BCUT2D eigenvalue weighted by molar-refractivity contribution is 6.16. The lowest BCUT2D eigenvalue weighted by Gasteiger charge is -2.05. The van der Waals surface area contributed by atoms with Crippen LogP contribution in [0.5, 0.6) is 0 Å². The molecular weight excluding hydrogens is 254 g/mol. The van der Waals surface area contributed by atoms with Crippen LogP contribution in [0.1, 0.15) is 12.6 Å². The molecular formula is C12H12ClN3O2. The monoisotopic (exact) mass is 265 g/mol. The molecule has 2 N–H and O–H groups in total. The molecule has 1 aromatic heterocycles. The SMILES string of the molecule is CC(=O)Nc1cccc(Nc2nc(CCl)co2)c1. The average Bonchev–Trinajstić information content (AvgIpc) is 2.76. The van der Waals surface area contributed by atoms with Gasteiger partial charge in [0, 0.05) is 18.3 Å². The van der Waals surface area contributed by atoms with Crippen LogP contribution in [0.3, 0.4) is 0 Å². The molecule has 0 spiro atoms. The van der Waals surface area contributed by atoms with Crippen LogP contribution in [0.2, 0.25) is 0 Å². The zero-order valence-electron chi connectivity index (χ0n) is 9.74. The maximum Gasteiger partial charge on any atom is 0.299 e. The van der Waals surface area contributed by atoms with Crippen LogP contribution in [0.25, 0.3) is 0 Å². The third-order valence-electron chi connectivity index (χ3n) is 2.12. The van der Waals surface area contributed by atoms with Gasteiger partial charge in [-0.1, -0.05) is 6.07 Å². The minimum atomic E-state index is -0.118. The number of hydrogen-bond donors (Lipinski definition) is 2. The summed E-state index contributed by atoms with van der Waals surface area (Å²) in [6.45, 7) is 1.46. The number of nitrogens with zero attached hydrogens (tertiary/aromatic N) is 1. The molecule has 0 aliphatic carbocycles. The van der Waals surface area contributed by atoms with E-state index in [2.05, 4.69) is 15.6 Å². The molecule has 0 bridgehead atoms. The second-order valence-electron chi connectivity index (χ2n) is 3.66. The van der Waals surface area contributed by atoms with Crippen LogP contribution in [0, 0.1) is 0 Å². The topological polar surface area (TPSA) is 67.2 Å². The summed E-state index contributed by atoms with van der Waals surface area (Å²) in [5.74, 6) is 0.185. The predicted molar refractivity (Wildman–Crippen MR) is 70.1 cm³/mol. The Balaban J connectivity index is 2.11. The van der Waals surface area contributed by atoms with Gasteiger partial charge >= 0.3 is 0 Å². The van der Waals surface area contributed by atoms with E-state index in [0.717, 1.165) is 5.69 Å². The lowest BCUT2D eigenvalue weighted by molar-refractivity contribution is -0.114. The quantitative estimate of drug-likeness (QED) is 0.834. The molecule has 5 nitrogen and oxygen atoms in total. The van der Waals surface area contributed by atoms with Crippen LogP contribution in [-0.4, -0.2) is 10.9 Å². The number of halogens is 1. The van der Waals surface area contributed by atoms with Crippen molar-refractivity contribution in [2.24, 2.45) is 0 Å². The van der Waals surface area contributed by atoms with Gasteiger partial charge in [-0.2, -0.15) is 4.98 Å². The summed E-state index contributed by atoms with van der Waals surface area (Å²) < 4.78 is 5.19. The van der Waals surface area contributed by atoms with Crippen LogP contribution < -0.4 is 10.6 Å². The van der Waals surface area contributed by atoms with Gasteiger partial charge in [0.2, 0.25) is 5.91 Å². The number of aromatic nitrogens is 1. The molecule has 6 heteroatoms. The van der Waals surface area contributed by atoms with Crippen LogP contribution in [-0.2, 0) is 10.7 Å². The number of amides is 1. The highest BCUT2D eigenvalue weighted by Gasteiger charge is 2.04. The zero-order valence-corrected chi connectivity index (χ0v) is 10.5. The number of anilines is 3. The summed E-state index contributed by atoms with van der Waals surface area (Å²) in [5.41, 5.74) is 2.14. The van der Waals surface area contributed by atoms with Crippen LogP contribution in [0.4, 0.5) is 17.4 Å². The summed E-state index contributed by atoms with van der Waals surface area (Å²) >= 11 is 5.63. The minimum Gasteiger partial charge on any atom is -0.432 e. The smallest absolute Gasteiger partial charge is 0.299 e. The maximum absolute atomic E-state index is 10.9. The molecule has 0 aliphatic heterocycles. The first-order chi connectivity index (χ1) is 8.67. The molecule has 0 unspecified atom stereocenters. The number of oxazole rings is 1. The van der Waals surface area contributed by atoms with Gasteiger partial charge in [-0.15, -0.1) is 11.6 Å². The second kappa shape index (κ2) is 5.55. The van der Waals surface area contributed by atoms with E-state index in [1.54, 1.807) is 12.1 Å². The number of carbonyl (C=O) groups excluding carboxylic acids is 1. The molecule has 1 heterocycles. The number of benzene rings is 1. The Hall–Kier alpha value is -2.01. The largest absolute Gasteiger partial charge is 0.432 e. The normalized spacial score (nSPS) is 10.1. The molecule has 0 fully saturated rings. The first-order valence-corrected chi connectivity index (χ1v) is 5.86. The van der Waals surface area contributed by atoms with Gasteiger partial charge in [-0.3, -0.25) is 4.79 Å². The Kier molecular flexibility index (Phi) is 3.84.